The minimum Gasteiger partial charge on any atom is -0.372 e. The Balaban J connectivity index is 1.76. The molecule has 2 rings (SSSR count). The molecule has 0 aliphatic carbocycles. The zero-order valence-electron chi connectivity index (χ0n) is 14.4. The lowest BCUT2D eigenvalue weighted by Crippen LogP contribution is -2.23. The summed E-state index contributed by atoms with van der Waals surface area (Å²) in [5.74, 6) is -0.00730. The van der Waals surface area contributed by atoms with Crippen molar-refractivity contribution in [2.75, 3.05) is 0 Å². The Morgan fingerprint density at radius 2 is 1.54 bits per heavy atom. The maximum absolute atomic E-state index is 11.8. The Labute approximate surface area is 144 Å². The zero-order chi connectivity index (χ0) is 17.2. The molecule has 1 amide bonds. The van der Waals surface area contributed by atoms with E-state index in [0.29, 0.717) is 19.8 Å². The highest BCUT2D eigenvalue weighted by Crippen LogP contribution is 2.08. The second kappa shape index (κ2) is 9.68. The van der Waals surface area contributed by atoms with Gasteiger partial charge in [-0.2, -0.15) is 0 Å². The zero-order valence-corrected chi connectivity index (χ0v) is 14.4. The molecular weight excluding hydrogens is 298 g/mol. The SMILES string of the molecule is CC/C=C(/C)C(=O)NCc1ccc(COCc2ccccc2)cc1. The Morgan fingerprint density at radius 1 is 0.958 bits per heavy atom. The van der Waals surface area contributed by atoms with Crippen LogP contribution in [0.1, 0.15) is 37.0 Å². The van der Waals surface area contributed by atoms with Crippen LogP contribution in [-0.2, 0) is 29.3 Å². The van der Waals surface area contributed by atoms with Crippen molar-refractivity contribution in [1.82, 2.24) is 5.32 Å². The molecule has 0 aromatic heterocycles. The number of hydrogen-bond donors (Lipinski definition) is 1. The number of nitrogens with one attached hydrogen (secondary N) is 1. The third-order valence-electron chi connectivity index (χ3n) is 3.72. The average molecular weight is 323 g/mol. The van der Waals surface area contributed by atoms with E-state index in [1.165, 1.54) is 5.56 Å². The number of carbonyl (C=O) groups excluding carboxylic acids is 1. The summed E-state index contributed by atoms with van der Waals surface area (Å²) in [6, 6.07) is 18.3. The maximum atomic E-state index is 11.8. The lowest BCUT2D eigenvalue weighted by atomic mass is 10.1. The quantitative estimate of drug-likeness (QED) is 0.732. The first kappa shape index (κ1) is 18.0. The van der Waals surface area contributed by atoms with Gasteiger partial charge in [0.25, 0.3) is 0 Å². The van der Waals surface area contributed by atoms with Gasteiger partial charge in [0.1, 0.15) is 0 Å². The average Bonchev–Trinajstić information content (AvgIpc) is 2.62. The molecule has 0 aliphatic heterocycles. The molecule has 0 aliphatic rings. The first-order valence-corrected chi connectivity index (χ1v) is 8.33. The van der Waals surface area contributed by atoms with Gasteiger partial charge in [0.05, 0.1) is 13.2 Å². The van der Waals surface area contributed by atoms with E-state index in [4.69, 9.17) is 4.74 Å². The van der Waals surface area contributed by atoms with Crippen LogP contribution in [0.4, 0.5) is 0 Å². The van der Waals surface area contributed by atoms with Crippen molar-refractivity contribution in [1.29, 1.82) is 0 Å². The molecule has 1 N–H and O–H groups in total. The molecular formula is C21H25NO2. The first-order chi connectivity index (χ1) is 11.7. The number of allylic oxidation sites excluding steroid dienone is 1. The van der Waals surface area contributed by atoms with Crippen molar-refractivity contribution in [3.63, 3.8) is 0 Å². The summed E-state index contributed by atoms with van der Waals surface area (Å²) >= 11 is 0. The summed E-state index contributed by atoms with van der Waals surface area (Å²) in [6.45, 7) is 5.60. The molecule has 0 heterocycles. The van der Waals surface area contributed by atoms with Crippen molar-refractivity contribution >= 4 is 5.91 Å². The summed E-state index contributed by atoms with van der Waals surface area (Å²) in [6.07, 6.45) is 2.80. The molecule has 0 spiro atoms. The van der Waals surface area contributed by atoms with Crippen LogP contribution in [0.5, 0.6) is 0 Å². The molecule has 126 valence electrons. The minimum absolute atomic E-state index is 0.00730. The highest BCUT2D eigenvalue weighted by atomic mass is 16.5. The minimum atomic E-state index is -0.00730. The van der Waals surface area contributed by atoms with Crippen molar-refractivity contribution in [2.24, 2.45) is 0 Å². The number of amides is 1. The smallest absolute Gasteiger partial charge is 0.246 e. The molecule has 0 radical (unpaired) electrons. The van der Waals surface area contributed by atoms with Gasteiger partial charge in [0, 0.05) is 12.1 Å². The third-order valence-corrected chi connectivity index (χ3v) is 3.72. The van der Waals surface area contributed by atoms with E-state index in [1.54, 1.807) is 0 Å². The molecule has 0 saturated carbocycles. The standard InChI is InChI=1S/C21H25NO2/c1-3-7-17(2)21(23)22-14-18-10-12-20(13-11-18)16-24-15-19-8-5-4-6-9-19/h4-13H,3,14-16H2,1-2H3,(H,22,23)/b17-7-. The molecule has 0 bridgehead atoms. The molecule has 0 atom stereocenters. The molecule has 0 unspecified atom stereocenters. The van der Waals surface area contributed by atoms with Gasteiger partial charge in [-0.05, 0) is 30.0 Å². The maximum Gasteiger partial charge on any atom is 0.246 e. The Hall–Kier alpha value is -2.39. The fourth-order valence-electron chi connectivity index (χ4n) is 2.33. The van der Waals surface area contributed by atoms with E-state index in [0.717, 1.165) is 23.1 Å². The van der Waals surface area contributed by atoms with Crippen LogP contribution in [0.2, 0.25) is 0 Å². The fraction of sp³-hybridized carbons (Fsp3) is 0.286. The van der Waals surface area contributed by atoms with Gasteiger partial charge in [-0.1, -0.05) is 67.6 Å². The summed E-state index contributed by atoms with van der Waals surface area (Å²) in [7, 11) is 0. The predicted molar refractivity (Wildman–Crippen MR) is 97.3 cm³/mol. The van der Waals surface area contributed by atoms with E-state index in [9.17, 15) is 4.79 Å². The van der Waals surface area contributed by atoms with Crippen LogP contribution in [0.3, 0.4) is 0 Å². The summed E-state index contributed by atoms with van der Waals surface area (Å²) in [5, 5.41) is 2.93. The van der Waals surface area contributed by atoms with Gasteiger partial charge in [0.15, 0.2) is 0 Å². The van der Waals surface area contributed by atoms with Crippen molar-refractivity contribution in [3.05, 3.63) is 82.9 Å². The van der Waals surface area contributed by atoms with Crippen LogP contribution >= 0.6 is 0 Å². The van der Waals surface area contributed by atoms with E-state index in [2.05, 4.69) is 17.4 Å². The van der Waals surface area contributed by atoms with Crippen molar-refractivity contribution in [3.8, 4) is 0 Å². The molecule has 3 heteroatoms. The number of ether oxygens (including phenoxy) is 1. The van der Waals surface area contributed by atoms with Crippen molar-refractivity contribution < 1.29 is 9.53 Å². The largest absolute Gasteiger partial charge is 0.372 e. The Bertz CT molecular complexity index is 660. The van der Waals surface area contributed by atoms with Gasteiger partial charge in [-0.25, -0.2) is 0 Å². The number of rotatable bonds is 8. The van der Waals surface area contributed by atoms with Gasteiger partial charge >= 0.3 is 0 Å². The van der Waals surface area contributed by atoms with Crippen molar-refractivity contribution in [2.45, 2.75) is 40.0 Å². The molecule has 2 aromatic rings. The van der Waals surface area contributed by atoms with Gasteiger partial charge < -0.3 is 10.1 Å². The van der Waals surface area contributed by atoms with Gasteiger partial charge in [-0.3, -0.25) is 4.79 Å². The highest BCUT2D eigenvalue weighted by molar-refractivity contribution is 5.92. The van der Waals surface area contributed by atoms with E-state index in [-0.39, 0.29) is 5.91 Å². The molecule has 0 fully saturated rings. The lowest BCUT2D eigenvalue weighted by molar-refractivity contribution is -0.117. The first-order valence-electron chi connectivity index (χ1n) is 8.33. The van der Waals surface area contributed by atoms with Gasteiger partial charge in [0.2, 0.25) is 5.91 Å². The molecule has 2 aromatic carbocycles. The monoisotopic (exact) mass is 323 g/mol. The predicted octanol–water partition coefficient (Wildman–Crippen LogP) is 4.38. The van der Waals surface area contributed by atoms with E-state index >= 15 is 0 Å². The Kier molecular flexibility index (Phi) is 7.24. The summed E-state index contributed by atoms with van der Waals surface area (Å²) in [4.78, 5) is 11.8. The molecule has 3 nitrogen and oxygen atoms in total. The van der Waals surface area contributed by atoms with Crippen LogP contribution in [0.25, 0.3) is 0 Å². The van der Waals surface area contributed by atoms with E-state index in [1.807, 2.05) is 62.4 Å². The normalized spacial score (nSPS) is 11.3. The Morgan fingerprint density at radius 3 is 2.17 bits per heavy atom. The number of benzene rings is 2. The van der Waals surface area contributed by atoms with E-state index < -0.39 is 0 Å². The third kappa shape index (κ3) is 6.01. The van der Waals surface area contributed by atoms with Crippen LogP contribution < -0.4 is 5.32 Å². The molecule has 24 heavy (non-hydrogen) atoms. The molecule has 0 saturated heterocycles. The highest BCUT2D eigenvalue weighted by Gasteiger charge is 2.03. The van der Waals surface area contributed by atoms with Gasteiger partial charge in [-0.15, -0.1) is 0 Å². The van der Waals surface area contributed by atoms with Crippen LogP contribution in [0.15, 0.2) is 66.2 Å². The summed E-state index contributed by atoms with van der Waals surface area (Å²) in [5.41, 5.74) is 4.15. The summed E-state index contributed by atoms with van der Waals surface area (Å²) < 4.78 is 5.72. The topological polar surface area (TPSA) is 38.3 Å². The second-order valence-corrected chi connectivity index (χ2v) is 5.77. The van der Waals surface area contributed by atoms with Crippen LogP contribution in [-0.4, -0.2) is 5.91 Å². The van der Waals surface area contributed by atoms with Crippen LogP contribution in [0, 0.1) is 0 Å². The fourth-order valence-corrected chi connectivity index (χ4v) is 2.33. The number of carbonyl (C=O) groups is 1. The number of hydrogen-bond acceptors (Lipinski definition) is 2. The second-order valence-electron chi connectivity index (χ2n) is 5.77. The lowest BCUT2D eigenvalue weighted by Gasteiger charge is -2.08.